The van der Waals surface area contributed by atoms with E-state index in [0.717, 1.165) is 0 Å². The SMILES string of the molecule is OC1(C(F)(F)F)C=C(c2ccccc2)C(I)C(O)(C(F)(F)F)C1. The monoisotopic (exact) mass is 452 g/mol. The number of benzene rings is 1. The normalized spacial score (nSPS) is 32.6. The van der Waals surface area contributed by atoms with Gasteiger partial charge in [-0.1, -0.05) is 52.9 Å². The lowest BCUT2D eigenvalue weighted by atomic mass is 9.73. The number of alkyl halides is 7. The number of rotatable bonds is 1. The Morgan fingerprint density at radius 1 is 0.957 bits per heavy atom. The molecule has 23 heavy (non-hydrogen) atoms. The molecule has 3 unspecified atom stereocenters. The summed E-state index contributed by atoms with van der Waals surface area (Å²) in [7, 11) is 0. The minimum absolute atomic E-state index is 0.0666. The maximum atomic E-state index is 13.2. The van der Waals surface area contributed by atoms with Crippen LogP contribution >= 0.6 is 22.6 Å². The Bertz CT molecular complexity index is 612. The van der Waals surface area contributed by atoms with Crippen molar-refractivity contribution >= 4 is 28.2 Å². The number of hydrogen-bond donors (Lipinski definition) is 2. The third-order valence-electron chi connectivity index (χ3n) is 3.71. The lowest BCUT2D eigenvalue weighted by molar-refractivity contribution is -0.303. The summed E-state index contributed by atoms with van der Waals surface area (Å²) in [6, 6.07) is 7.05. The van der Waals surface area contributed by atoms with Gasteiger partial charge in [0.1, 0.15) is 0 Å². The van der Waals surface area contributed by atoms with Crippen molar-refractivity contribution in [2.45, 2.75) is 33.9 Å². The molecule has 9 heteroatoms. The molecule has 0 saturated carbocycles. The van der Waals surface area contributed by atoms with Crippen molar-refractivity contribution < 1.29 is 36.6 Å². The maximum Gasteiger partial charge on any atom is 0.420 e. The number of aliphatic hydroxyl groups is 2. The summed E-state index contributed by atoms with van der Waals surface area (Å²) in [5.74, 6) is 0. The fourth-order valence-electron chi connectivity index (χ4n) is 2.43. The quantitative estimate of drug-likeness (QED) is 0.386. The van der Waals surface area contributed by atoms with Gasteiger partial charge < -0.3 is 10.2 Å². The third-order valence-corrected chi connectivity index (χ3v) is 5.42. The maximum absolute atomic E-state index is 13.2. The van der Waals surface area contributed by atoms with Crippen molar-refractivity contribution in [3.05, 3.63) is 42.0 Å². The average molecular weight is 452 g/mol. The van der Waals surface area contributed by atoms with Gasteiger partial charge in [0, 0.05) is 6.42 Å². The van der Waals surface area contributed by atoms with Gasteiger partial charge in [-0.2, -0.15) is 26.3 Å². The van der Waals surface area contributed by atoms with E-state index in [1.165, 1.54) is 46.9 Å². The van der Waals surface area contributed by atoms with Gasteiger partial charge in [0.15, 0.2) is 11.2 Å². The van der Waals surface area contributed by atoms with Crippen LogP contribution in [0.4, 0.5) is 26.3 Å². The van der Waals surface area contributed by atoms with Gasteiger partial charge in [-0.25, -0.2) is 0 Å². The first-order valence-electron chi connectivity index (χ1n) is 6.32. The van der Waals surface area contributed by atoms with E-state index < -0.39 is 39.5 Å². The Kier molecular flexibility index (Phi) is 4.53. The highest BCUT2D eigenvalue weighted by molar-refractivity contribution is 14.1. The molecule has 2 N–H and O–H groups in total. The van der Waals surface area contributed by atoms with Crippen LogP contribution in [0.15, 0.2) is 36.4 Å². The highest BCUT2D eigenvalue weighted by Crippen LogP contribution is 2.53. The van der Waals surface area contributed by atoms with Gasteiger partial charge in [0.2, 0.25) is 0 Å². The average Bonchev–Trinajstić information content (AvgIpc) is 2.41. The number of halogens is 7. The van der Waals surface area contributed by atoms with Gasteiger partial charge in [0.05, 0.1) is 3.92 Å². The summed E-state index contributed by atoms with van der Waals surface area (Å²) in [5, 5.41) is 19.8. The topological polar surface area (TPSA) is 40.5 Å². The van der Waals surface area contributed by atoms with Crippen LogP contribution in [0.2, 0.25) is 0 Å². The summed E-state index contributed by atoms with van der Waals surface area (Å²) in [6.07, 6.45) is -12.2. The summed E-state index contributed by atoms with van der Waals surface area (Å²) in [4.78, 5) is 0. The van der Waals surface area contributed by atoms with Crippen LogP contribution in [0.5, 0.6) is 0 Å². The minimum atomic E-state index is -5.36. The Labute approximate surface area is 140 Å². The van der Waals surface area contributed by atoms with Crippen molar-refractivity contribution in [1.29, 1.82) is 0 Å². The molecule has 0 heterocycles. The van der Waals surface area contributed by atoms with Gasteiger partial charge in [-0.05, 0) is 17.2 Å². The molecule has 0 spiro atoms. The molecule has 0 bridgehead atoms. The highest BCUT2D eigenvalue weighted by atomic mass is 127. The van der Waals surface area contributed by atoms with Gasteiger partial charge in [-0.3, -0.25) is 0 Å². The van der Waals surface area contributed by atoms with E-state index in [-0.39, 0.29) is 5.56 Å². The van der Waals surface area contributed by atoms with E-state index in [2.05, 4.69) is 0 Å². The lowest BCUT2D eigenvalue weighted by Gasteiger charge is -2.45. The van der Waals surface area contributed by atoms with Crippen molar-refractivity contribution in [2.75, 3.05) is 0 Å². The molecule has 0 radical (unpaired) electrons. The van der Waals surface area contributed by atoms with E-state index in [1.807, 2.05) is 0 Å². The Morgan fingerprint density at radius 3 is 1.91 bits per heavy atom. The van der Waals surface area contributed by atoms with Crippen molar-refractivity contribution in [1.82, 2.24) is 0 Å². The molecule has 1 aliphatic carbocycles. The van der Waals surface area contributed by atoms with Crippen LogP contribution < -0.4 is 0 Å². The van der Waals surface area contributed by atoms with Crippen molar-refractivity contribution in [3.63, 3.8) is 0 Å². The molecule has 0 aliphatic heterocycles. The smallest absolute Gasteiger partial charge is 0.379 e. The van der Waals surface area contributed by atoms with Crippen LogP contribution in [-0.2, 0) is 0 Å². The Hall–Kier alpha value is -0.810. The molecule has 0 saturated heterocycles. The molecule has 0 fully saturated rings. The van der Waals surface area contributed by atoms with Gasteiger partial charge in [0.25, 0.3) is 0 Å². The number of hydrogen-bond acceptors (Lipinski definition) is 2. The van der Waals surface area contributed by atoms with Crippen LogP contribution in [0, 0.1) is 0 Å². The van der Waals surface area contributed by atoms with E-state index in [4.69, 9.17) is 0 Å². The fraction of sp³-hybridized carbons (Fsp3) is 0.429. The standard InChI is InChI=1S/C14H11F6IO2/c15-13(16,17)11(22)6-9(8-4-2-1-3-5-8)10(21)12(23,7-11)14(18,19)20/h1-6,10,22-23H,7H2. The molecule has 0 aromatic heterocycles. The van der Waals surface area contributed by atoms with E-state index in [9.17, 15) is 36.6 Å². The molecule has 2 nitrogen and oxygen atoms in total. The second-order valence-electron chi connectivity index (χ2n) is 5.35. The fourth-order valence-corrected chi connectivity index (χ4v) is 3.54. The Morgan fingerprint density at radius 2 is 1.48 bits per heavy atom. The van der Waals surface area contributed by atoms with E-state index in [1.54, 1.807) is 6.07 Å². The van der Waals surface area contributed by atoms with Crippen LogP contribution in [0.1, 0.15) is 12.0 Å². The second kappa shape index (κ2) is 5.62. The molecule has 2 rings (SSSR count). The summed E-state index contributed by atoms with van der Waals surface area (Å²) >= 11 is 1.25. The first-order chi connectivity index (χ1) is 10.3. The van der Waals surface area contributed by atoms with Crippen LogP contribution in [0.3, 0.4) is 0 Å². The van der Waals surface area contributed by atoms with Crippen LogP contribution in [0.25, 0.3) is 5.57 Å². The van der Waals surface area contributed by atoms with Crippen molar-refractivity contribution in [3.8, 4) is 0 Å². The first-order valence-corrected chi connectivity index (χ1v) is 7.57. The third kappa shape index (κ3) is 3.10. The lowest BCUT2D eigenvalue weighted by Crippen LogP contribution is -2.62. The van der Waals surface area contributed by atoms with Gasteiger partial charge >= 0.3 is 12.4 Å². The molecule has 3 atom stereocenters. The largest absolute Gasteiger partial charge is 0.420 e. The molecule has 0 amide bonds. The predicted molar refractivity (Wildman–Crippen MR) is 78.9 cm³/mol. The highest BCUT2D eigenvalue weighted by Gasteiger charge is 2.68. The van der Waals surface area contributed by atoms with Crippen LogP contribution in [-0.4, -0.2) is 37.7 Å². The minimum Gasteiger partial charge on any atom is -0.379 e. The predicted octanol–water partition coefficient (Wildman–Crippen LogP) is 3.86. The molecular weight excluding hydrogens is 441 g/mol. The molecule has 128 valence electrons. The summed E-state index contributed by atoms with van der Waals surface area (Å²) in [6.45, 7) is 0. The molecular formula is C14H11F6IO2. The van der Waals surface area contributed by atoms with E-state index >= 15 is 0 Å². The second-order valence-corrected chi connectivity index (χ2v) is 6.59. The molecule has 1 aromatic rings. The summed E-state index contributed by atoms with van der Waals surface area (Å²) < 4.78 is 77.3. The zero-order valence-corrected chi connectivity index (χ0v) is 13.4. The van der Waals surface area contributed by atoms with Gasteiger partial charge in [-0.15, -0.1) is 0 Å². The van der Waals surface area contributed by atoms with E-state index in [0.29, 0.717) is 6.08 Å². The Balaban J connectivity index is 2.68. The zero-order valence-electron chi connectivity index (χ0n) is 11.3. The van der Waals surface area contributed by atoms with Crippen molar-refractivity contribution in [2.24, 2.45) is 0 Å². The molecule has 1 aromatic carbocycles. The summed E-state index contributed by atoms with van der Waals surface area (Å²) in [5.41, 5.74) is -7.84. The molecule has 1 aliphatic rings. The first kappa shape index (κ1) is 18.5. The zero-order chi connectivity index (χ0) is 17.7.